The maximum Gasteiger partial charge on any atom is 0.335 e. The van der Waals surface area contributed by atoms with Gasteiger partial charge in [-0.15, -0.1) is 0 Å². The third-order valence-corrected chi connectivity index (χ3v) is 3.18. The van der Waals surface area contributed by atoms with Gasteiger partial charge in [-0.25, -0.2) is 4.79 Å². The monoisotopic (exact) mass is 281 g/mol. The summed E-state index contributed by atoms with van der Waals surface area (Å²) >= 11 is 0. The van der Waals surface area contributed by atoms with Crippen molar-refractivity contribution in [3.63, 3.8) is 0 Å². The minimum absolute atomic E-state index is 0.187. The molecule has 0 unspecified atom stereocenters. The van der Waals surface area contributed by atoms with Crippen LogP contribution in [0.4, 0.5) is 0 Å². The van der Waals surface area contributed by atoms with Gasteiger partial charge in [-0.05, 0) is 38.6 Å². The highest BCUT2D eigenvalue weighted by molar-refractivity contribution is 5.88. The second kappa shape index (κ2) is 7.75. The summed E-state index contributed by atoms with van der Waals surface area (Å²) in [7, 11) is 1.50. The zero-order valence-electron chi connectivity index (χ0n) is 12.5. The fourth-order valence-electron chi connectivity index (χ4n) is 1.97. The smallest absolute Gasteiger partial charge is 0.335 e. The molecule has 5 nitrogen and oxygen atoms in total. The number of hydrogen-bond donors (Lipinski definition) is 1. The van der Waals surface area contributed by atoms with E-state index < -0.39 is 5.97 Å². The SMILES string of the molecule is CCN(CCOc1ccc(C(=O)O)cc1OC)C(C)C. The Labute approximate surface area is 120 Å². The molecule has 0 bridgehead atoms. The Morgan fingerprint density at radius 1 is 1.35 bits per heavy atom. The van der Waals surface area contributed by atoms with Crippen molar-refractivity contribution in [3.8, 4) is 11.5 Å². The van der Waals surface area contributed by atoms with Crippen LogP contribution in [0.3, 0.4) is 0 Å². The molecule has 0 radical (unpaired) electrons. The summed E-state index contributed by atoms with van der Waals surface area (Å²) in [5.74, 6) is 0.0293. The lowest BCUT2D eigenvalue weighted by Crippen LogP contribution is -2.34. The first-order chi connectivity index (χ1) is 9.49. The number of nitrogens with zero attached hydrogens (tertiary/aromatic N) is 1. The number of rotatable bonds is 8. The van der Waals surface area contributed by atoms with Gasteiger partial charge in [0.15, 0.2) is 11.5 Å². The van der Waals surface area contributed by atoms with E-state index in [1.807, 2.05) is 0 Å². The molecule has 0 saturated heterocycles. The van der Waals surface area contributed by atoms with Crippen LogP contribution < -0.4 is 9.47 Å². The quantitative estimate of drug-likeness (QED) is 0.793. The van der Waals surface area contributed by atoms with Crippen molar-refractivity contribution in [1.29, 1.82) is 0 Å². The summed E-state index contributed by atoms with van der Waals surface area (Å²) in [5.41, 5.74) is 0.187. The van der Waals surface area contributed by atoms with Crippen molar-refractivity contribution in [2.24, 2.45) is 0 Å². The average molecular weight is 281 g/mol. The fraction of sp³-hybridized carbons (Fsp3) is 0.533. The van der Waals surface area contributed by atoms with E-state index in [1.165, 1.54) is 19.2 Å². The molecule has 0 heterocycles. The molecule has 5 heteroatoms. The van der Waals surface area contributed by atoms with Crippen LogP contribution in [0.25, 0.3) is 0 Å². The molecule has 0 aliphatic carbocycles. The van der Waals surface area contributed by atoms with Crippen molar-refractivity contribution in [1.82, 2.24) is 4.90 Å². The summed E-state index contributed by atoms with van der Waals surface area (Å²) in [6.07, 6.45) is 0. The zero-order chi connectivity index (χ0) is 15.1. The van der Waals surface area contributed by atoms with Gasteiger partial charge in [0.1, 0.15) is 6.61 Å². The number of aromatic carboxylic acids is 1. The van der Waals surface area contributed by atoms with Gasteiger partial charge < -0.3 is 14.6 Å². The van der Waals surface area contributed by atoms with Crippen LogP contribution >= 0.6 is 0 Å². The highest BCUT2D eigenvalue weighted by atomic mass is 16.5. The molecule has 0 aliphatic rings. The van der Waals surface area contributed by atoms with Crippen LogP contribution in [-0.4, -0.2) is 48.8 Å². The highest BCUT2D eigenvalue weighted by Crippen LogP contribution is 2.28. The van der Waals surface area contributed by atoms with Gasteiger partial charge in [0.05, 0.1) is 12.7 Å². The Kier molecular flexibility index (Phi) is 6.31. The lowest BCUT2D eigenvalue weighted by molar-refractivity contribution is 0.0696. The van der Waals surface area contributed by atoms with Crippen molar-refractivity contribution >= 4 is 5.97 Å². The average Bonchev–Trinajstić information content (AvgIpc) is 2.43. The summed E-state index contributed by atoms with van der Waals surface area (Å²) in [4.78, 5) is 13.2. The van der Waals surface area contributed by atoms with Crippen molar-refractivity contribution in [2.75, 3.05) is 26.8 Å². The zero-order valence-corrected chi connectivity index (χ0v) is 12.5. The molecule has 1 aromatic carbocycles. The van der Waals surface area contributed by atoms with Crippen molar-refractivity contribution < 1.29 is 19.4 Å². The summed E-state index contributed by atoms with van der Waals surface area (Å²) < 4.78 is 10.9. The molecule has 0 amide bonds. The van der Waals surface area contributed by atoms with Gasteiger partial charge >= 0.3 is 5.97 Å². The topological polar surface area (TPSA) is 59.0 Å². The molecule has 0 fully saturated rings. The third-order valence-electron chi connectivity index (χ3n) is 3.18. The summed E-state index contributed by atoms with van der Waals surface area (Å²) in [5, 5.41) is 8.93. The number of carboxylic acid groups (broad SMARTS) is 1. The lowest BCUT2D eigenvalue weighted by Gasteiger charge is -2.24. The number of methoxy groups -OCH3 is 1. The highest BCUT2D eigenvalue weighted by Gasteiger charge is 2.11. The van der Waals surface area contributed by atoms with Gasteiger partial charge in [0, 0.05) is 12.6 Å². The molecule has 0 saturated carbocycles. The van der Waals surface area contributed by atoms with Gasteiger partial charge in [-0.2, -0.15) is 0 Å². The minimum atomic E-state index is -0.980. The molecule has 0 aliphatic heterocycles. The lowest BCUT2D eigenvalue weighted by atomic mass is 10.2. The van der Waals surface area contributed by atoms with Gasteiger partial charge in [-0.1, -0.05) is 6.92 Å². The Morgan fingerprint density at radius 2 is 2.05 bits per heavy atom. The van der Waals surface area contributed by atoms with E-state index >= 15 is 0 Å². The maximum absolute atomic E-state index is 10.9. The molecular formula is C15H23NO4. The fourth-order valence-corrected chi connectivity index (χ4v) is 1.97. The molecule has 1 N–H and O–H groups in total. The molecule has 20 heavy (non-hydrogen) atoms. The van der Waals surface area contributed by atoms with Crippen LogP contribution in [0, 0.1) is 0 Å². The standard InChI is InChI=1S/C15H23NO4/c1-5-16(11(2)3)8-9-20-13-7-6-12(15(17)18)10-14(13)19-4/h6-7,10-11H,5,8-9H2,1-4H3,(H,17,18). The first kappa shape index (κ1) is 16.3. The van der Waals surface area contributed by atoms with Gasteiger partial charge in [0.2, 0.25) is 0 Å². The third kappa shape index (κ3) is 4.42. The van der Waals surface area contributed by atoms with E-state index in [2.05, 4.69) is 25.7 Å². The van der Waals surface area contributed by atoms with Gasteiger partial charge in [0.25, 0.3) is 0 Å². The van der Waals surface area contributed by atoms with E-state index in [4.69, 9.17) is 14.6 Å². The van der Waals surface area contributed by atoms with Crippen molar-refractivity contribution in [3.05, 3.63) is 23.8 Å². The maximum atomic E-state index is 10.9. The number of ether oxygens (including phenoxy) is 2. The van der Waals surface area contributed by atoms with E-state index in [0.29, 0.717) is 24.1 Å². The van der Waals surface area contributed by atoms with Crippen LogP contribution in [0.5, 0.6) is 11.5 Å². The number of carbonyl (C=O) groups is 1. The predicted octanol–water partition coefficient (Wildman–Crippen LogP) is 2.50. The first-order valence-electron chi connectivity index (χ1n) is 6.77. The number of likely N-dealkylation sites (N-methyl/N-ethyl adjacent to an activating group) is 1. The normalized spacial score (nSPS) is 10.9. The molecule has 112 valence electrons. The Balaban J connectivity index is 2.66. The second-order valence-corrected chi connectivity index (χ2v) is 4.74. The minimum Gasteiger partial charge on any atom is -0.493 e. The Hall–Kier alpha value is -1.75. The number of carboxylic acids is 1. The van der Waals surface area contributed by atoms with E-state index in [9.17, 15) is 4.79 Å². The van der Waals surface area contributed by atoms with Crippen LogP contribution in [0.15, 0.2) is 18.2 Å². The van der Waals surface area contributed by atoms with E-state index in [1.54, 1.807) is 6.07 Å². The van der Waals surface area contributed by atoms with Gasteiger partial charge in [-0.3, -0.25) is 4.90 Å². The van der Waals surface area contributed by atoms with Crippen LogP contribution in [-0.2, 0) is 0 Å². The molecule has 1 rings (SSSR count). The summed E-state index contributed by atoms with van der Waals surface area (Å²) in [6.45, 7) is 8.72. The first-order valence-corrected chi connectivity index (χ1v) is 6.77. The number of benzene rings is 1. The van der Waals surface area contributed by atoms with E-state index in [0.717, 1.165) is 13.1 Å². The number of hydrogen-bond acceptors (Lipinski definition) is 4. The molecule has 1 aromatic rings. The Bertz CT molecular complexity index is 445. The van der Waals surface area contributed by atoms with Crippen LogP contribution in [0.2, 0.25) is 0 Å². The molecule has 0 aromatic heterocycles. The van der Waals surface area contributed by atoms with Crippen molar-refractivity contribution in [2.45, 2.75) is 26.8 Å². The molecule has 0 atom stereocenters. The Morgan fingerprint density at radius 3 is 2.55 bits per heavy atom. The van der Waals surface area contributed by atoms with E-state index in [-0.39, 0.29) is 5.56 Å². The second-order valence-electron chi connectivity index (χ2n) is 4.74. The molecular weight excluding hydrogens is 258 g/mol. The largest absolute Gasteiger partial charge is 0.493 e. The van der Waals surface area contributed by atoms with Crippen LogP contribution in [0.1, 0.15) is 31.1 Å². The molecule has 0 spiro atoms. The predicted molar refractivity (Wildman–Crippen MR) is 77.8 cm³/mol. The summed E-state index contributed by atoms with van der Waals surface area (Å²) in [6, 6.07) is 5.09.